The van der Waals surface area contributed by atoms with Crippen molar-refractivity contribution >= 4 is 45.0 Å². The summed E-state index contributed by atoms with van der Waals surface area (Å²) in [6, 6.07) is 4.94. The Hall–Kier alpha value is -1.13. The summed E-state index contributed by atoms with van der Waals surface area (Å²) in [7, 11) is 0. The van der Waals surface area contributed by atoms with Gasteiger partial charge >= 0.3 is 0 Å². The first-order chi connectivity index (χ1) is 7.93. The monoisotopic (exact) mass is 313 g/mol. The van der Waals surface area contributed by atoms with Crippen LogP contribution in [0.1, 0.15) is 13.8 Å². The van der Waals surface area contributed by atoms with Crippen LogP contribution in [0.25, 0.3) is 0 Å². The molecule has 1 aromatic carbocycles. The molecule has 1 heterocycles. The molecule has 0 aromatic heterocycles. The van der Waals surface area contributed by atoms with Gasteiger partial charge in [-0.1, -0.05) is 11.6 Å². The van der Waals surface area contributed by atoms with Crippen LogP contribution >= 0.6 is 27.5 Å². The number of rotatable bonds is 1. The molecule has 17 heavy (non-hydrogen) atoms. The van der Waals surface area contributed by atoms with E-state index in [1.807, 2.05) is 0 Å². The van der Waals surface area contributed by atoms with Crippen LogP contribution in [0.5, 0.6) is 0 Å². The van der Waals surface area contributed by atoms with Crippen LogP contribution in [0.4, 0.5) is 5.69 Å². The molecule has 0 N–H and O–H groups in total. The highest BCUT2D eigenvalue weighted by atomic mass is 79.9. The van der Waals surface area contributed by atoms with Crippen molar-refractivity contribution in [2.75, 3.05) is 4.90 Å². The number of carbonyl (C=O) groups is 2. The van der Waals surface area contributed by atoms with Gasteiger partial charge in [0.25, 0.3) is 11.8 Å². The van der Waals surface area contributed by atoms with E-state index in [9.17, 15) is 9.59 Å². The maximum atomic E-state index is 12.0. The number of imide groups is 1. The van der Waals surface area contributed by atoms with Crippen LogP contribution in [0.15, 0.2) is 33.8 Å². The van der Waals surface area contributed by atoms with Gasteiger partial charge in [-0.25, -0.2) is 4.90 Å². The molecule has 0 spiro atoms. The predicted molar refractivity (Wildman–Crippen MR) is 70.0 cm³/mol. The average Bonchev–Trinajstić information content (AvgIpc) is 2.45. The van der Waals surface area contributed by atoms with E-state index in [0.29, 0.717) is 26.3 Å². The highest BCUT2D eigenvalue weighted by Gasteiger charge is 2.35. The molecule has 0 saturated heterocycles. The Kier molecular flexibility index (Phi) is 3.10. The van der Waals surface area contributed by atoms with Crippen LogP contribution < -0.4 is 4.90 Å². The first-order valence-corrected chi connectivity index (χ1v) is 6.12. The third-order valence-corrected chi connectivity index (χ3v) is 3.63. The normalized spacial score (nSPS) is 16.1. The van der Waals surface area contributed by atoms with E-state index in [4.69, 9.17) is 11.6 Å². The maximum absolute atomic E-state index is 12.0. The zero-order valence-corrected chi connectivity index (χ0v) is 11.6. The Morgan fingerprint density at radius 3 is 2.12 bits per heavy atom. The molecular weight excluding hydrogens is 305 g/mol. The summed E-state index contributed by atoms with van der Waals surface area (Å²) in [5.41, 5.74) is 1.48. The van der Waals surface area contributed by atoms with Crippen molar-refractivity contribution in [3.63, 3.8) is 0 Å². The van der Waals surface area contributed by atoms with Crippen LogP contribution in [-0.2, 0) is 9.59 Å². The highest BCUT2D eigenvalue weighted by molar-refractivity contribution is 9.10. The molecule has 1 aliphatic rings. The van der Waals surface area contributed by atoms with Crippen molar-refractivity contribution in [2.45, 2.75) is 13.8 Å². The zero-order chi connectivity index (χ0) is 12.7. The van der Waals surface area contributed by atoms with E-state index in [1.165, 1.54) is 0 Å². The molecule has 5 heteroatoms. The van der Waals surface area contributed by atoms with Crippen LogP contribution in [0.2, 0.25) is 5.02 Å². The number of hydrogen-bond donors (Lipinski definition) is 0. The van der Waals surface area contributed by atoms with Crippen LogP contribution in [-0.4, -0.2) is 11.8 Å². The number of carbonyl (C=O) groups excluding carboxylic acids is 2. The summed E-state index contributed by atoms with van der Waals surface area (Å²) in [4.78, 5) is 25.1. The second-order valence-electron chi connectivity index (χ2n) is 3.79. The van der Waals surface area contributed by atoms with Crippen molar-refractivity contribution < 1.29 is 9.59 Å². The standard InChI is InChI=1S/C12H9BrClNO2/c1-6-7(2)12(17)15(11(6)16)10-4-3-8(14)5-9(10)13/h3-5H,1-2H3. The van der Waals surface area contributed by atoms with Gasteiger partial charge in [-0.15, -0.1) is 0 Å². The zero-order valence-electron chi connectivity index (χ0n) is 9.25. The van der Waals surface area contributed by atoms with E-state index < -0.39 is 0 Å². The second kappa shape index (κ2) is 4.27. The minimum Gasteiger partial charge on any atom is -0.269 e. The van der Waals surface area contributed by atoms with Crippen molar-refractivity contribution in [3.8, 4) is 0 Å². The molecule has 0 fully saturated rings. The van der Waals surface area contributed by atoms with E-state index in [-0.39, 0.29) is 11.8 Å². The van der Waals surface area contributed by atoms with Gasteiger partial charge in [-0.05, 0) is 48.0 Å². The van der Waals surface area contributed by atoms with Gasteiger partial charge in [0.1, 0.15) is 0 Å². The lowest BCUT2D eigenvalue weighted by Crippen LogP contribution is -2.31. The third-order valence-electron chi connectivity index (χ3n) is 2.76. The SMILES string of the molecule is CC1=C(C)C(=O)N(c2ccc(Cl)cc2Br)C1=O. The molecular formula is C12H9BrClNO2. The summed E-state index contributed by atoms with van der Waals surface area (Å²) in [6.45, 7) is 3.30. The smallest absolute Gasteiger partial charge is 0.261 e. The first-order valence-electron chi connectivity index (χ1n) is 4.95. The minimum atomic E-state index is -0.282. The molecule has 3 nitrogen and oxygen atoms in total. The summed E-state index contributed by atoms with van der Waals surface area (Å²) < 4.78 is 0.620. The van der Waals surface area contributed by atoms with Gasteiger partial charge in [0.05, 0.1) is 5.69 Å². The number of halogens is 2. The summed E-state index contributed by atoms with van der Waals surface area (Å²) >= 11 is 9.13. The molecule has 0 bridgehead atoms. The van der Waals surface area contributed by atoms with E-state index >= 15 is 0 Å². The lowest BCUT2D eigenvalue weighted by Gasteiger charge is -2.16. The highest BCUT2D eigenvalue weighted by Crippen LogP contribution is 2.33. The molecule has 1 aromatic rings. The molecule has 0 atom stereocenters. The predicted octanol–water partition coefficient (Wildman–Crippen LogP) is 3.31. The number of amides is 2. The van der Waals surface area contributed by atoms with Gasteiger partial charge in [0, 0.05) is 20.6 Å². The van der Waals surface area contributed by atoms with Crippen molar-refractivity contribution in [1.29, 1.82) is 0 Å². The van der Waals surface area contributed by atoms with Crippen molar-refractivity contribution in [3.05, 3.63) is 38.8 Å². The average molecular weight is 315 g/mol. The van der Waals surface area contributed by atoms with Gasteiger partial charge in [0.2, 0.25) is 0 Å². The number of hydrogen-bond acceptors (Lipinski definition) is 2. The number of anilines is 1. The molecule has 0 aliphatic carbocycles. The van der Waals surface area contributed by atoms with Crippen molar-refractivity contribution in [1.82, 2.24) is 0 Å². The Morgan fingerprint density at radius 1 is 1.12 bits per heavy atom. The van der Waals surface area contributed by atoms with Gasteiger partial charge < -0.3 is 0 Å². The van der Waals surface area contributed by atoms with Crippen LogP contribution in [0, 0.1) is 0 Å². The molecule has 0 unspecified atom stereocenters. The molecule has 0 saturated carbocycles. The number of nitrogens with zero attached hydrogens (tertiary/aromatic N) is 1. The van der Waals surface area contributed by atoms with E-state index in [1.54, 1.807) is 32.0 Å². The maximum Gasteiger partial charge on any atom is 0.261 e. The van der Waals surface area contributed by atoms with E-state index in [0.717, 1.165) is 4.90 Å². The Balaban J connectivity index is 2.50. The fourth-order valence-corrected chi connectivity index (χ4v) is 2.49. The summed E-state index contributed by atoms with van der Waals surface area (Å²) in [6.07, 6.45) is 0. The Morgan fingerprint density at radius 2 is 1.65 bits per heavy atom. The largest absolute Gasteiger partial charge is 0.269 e. The van der Waals surface area contributed by atoms with Gasteiger partial charge in [-0.3, -0.25) is 9.59 Å². The summed E-state index contributed by atoms with van der Waals surface area (Å²) in [5.74, 6) is -0.564. The molecule has 1 aliphatic heterocycles. The minimum absolute atomic E-state index is 0.282. The molecule has 0 radical (unpaired) electrons. The molecule has 2 amide bonds. The number of benzene rings is 1. The first kappa shape index (κ1) is 12.3. The summed E-state index contributed by atoms with van der Waals surface area (Å²) in [5, 5.41) is 0.543. The third kappa shape index (κ3) is 1.91. The second-order valence-corrected chi connectivity index (χ2v) is 5.08. The van der Waals surface area contributed by atoms with Crippen molar-refractivity contribution in [2.24, 2.45) is 0 Å². The fraction of sp³-hybridized carbons (Fsp3) is 0.167. The Labute approximate surface area is 112 Å². The quantitative estimate of drug-likeness (QED) is 0.746. The topological polar surface area (TPSA) is 37.4 Å². The fourth-order valence-electron chi connectivity index (χ4n) is 1.63. The molecule has 88 valence electrons. The van der Waals surface area contributed by atoms with E-state index in [2.05, 4.69) is 15.9 Å². The van der Waals surface area contributed by atoms with Gasteiger partial charge in [0.15, 0.2) is 0 Å². The lowest BCUT2D eigenvalue weighted by atomic mass is 10.2. The van der Waals surface area contributed by atoms with Gasteiger partial charge in [-0.2, -0.15) is 0 Å². The molecule has 2 rings (SSSR count). The van der Waals surface area contributed by atoms with Crippen LogP contribution in [0.3, 0.4) is 0 Å². The lowest BCUT2D eigenvalue weighted by molar-refractivity contribution is -0.120. The Bertz CT molecular complexity index is 542.